The van der Waals surface area contributed by atoms with Crippen molar-refractivity contribution in [2.45, 2.75) is 12.5 Å². The zero-order valence-electron chi connectivity index (χ0n) is 16.0. The van der Waals surface area contributed by atoms with Crippen molar-refractivity contribution in [3.05, 3.63) is 82.7 Å². The molecule has 4 aromatic rings. The van der Waals surface area contributed by atoms with Gasteiger partial charge >= 0.3 is 0 Å². The van der Waals surface area contributed by atoms with Crippen LogP contribution in [0.4, 0.5) is 10.8 Å². The van der Waals surface area contributed by atoms with Crippen molar-refractivity contribution in [2.75, 3.05) is 12.4 Å². The van der Waals surface area contributed by atoms with Crippen molar-refractivity contribution >= 4 is 38.3 Å². The Labute approximate surface area is 175 Å². The van der Waals surface area contributed by atoms with Gasteiger partial charge in [-0.15, -0.1) is 0 Å². The SMILES string of the molecule is COc1ccc(C(CC(=O)Nc2nc3cc([N+](=O)[O-])ccc3s2)n2cccc2)cc1. The highest BCUT2D eigenvalue weighted by molar-refractivity contribution is 7.22. The molecule has 4 rings (SSSR count). The minimum absolute atomic E-state index is 0.0298. The minimum Gasteiger partial charge on any atom is -0.497 e. The Morgan fingerprint density at radius 1 is 1.23 bits per heavy atom. The molecular formula is C21H18N4O4S. The lowest BCUT2D eigenvalue weighted by Crippen LogP contribution is -2.19. The lowest BCUT2D eigenvalue weighted by molar-refractivity contribution is -0.384. The second kappa shape index (κ2) is 8.34. The molecule has 2 heterocycles. The third-order valence-electron chi connectivity index (χ3n) is 4.70. The van der Waals surface area contributed by atoms with Gasteiger partial charge in [0.25, 0.3) is 5.69 Å². The van der Waals surface area contributed by atoms with Crippen LogP contribution in [-0.2, 0) is 4.79 Å². The van der Waals surface area contributed by atoms with Crippen LogP contribution >= 0.6 is 11.3 Å². The monoisotopic (exact) mass is 422 g/mol. The van der Waals surface area contributed by atoms with Crippen LogP contribution in [0.2, 0.25) is 0 Å². The molecule has 0 aliphatic rings. The zero-order valence-corrected chi connectivity index (χ0v) is 16.8. The highest BCUT2D eigenvalue weighted by Crippen LogP contribution is 2.30. The number of hydrogen-bond donors (Lipinski definition) is 1. The molecule has 0 aliphatic carbocycles. The normalized spacial score (nSPS) is 11.9. The number of aromatic nitrogens is 2. The van der Waals surface area contributed by atoms with Crippen LogP contribution in [0.5, 0.6) is 5.75 Å². The number of nitro benzene ring substituents is 1. The smallest absolute Gasteiger partial charge is 0.271 e. The number of benzene rings is 2. The summed E-state index contributed by atoms with van der Waals surface area (Å²) in [6.45, 7) is 0. The van der Waals surface area contributed by atoms with Crippen molar-refractivity contribution in [1.29, 1.82) is 0 Å². The summed E-state index contributed by atoms with van der Waals surface area (Å²) in [5, 5.41) is 14.2. The first-order valence-corrected chi connectivity index (χ1v) is 9.96. The van der Waals surface area contributed by atoms with E-state index in [2.05, 4.69) is 10.3 Å². The van der Waals surface area contributed by atoms with Gasteiger partial charge in [-0.25, -0.2) is 4.98 Å². The summed E-state index contributed by atoms with van der Waals surface area (Å²) in [5.74, 6) is 0.552. The molecule has 0 spiro atoms. The highest BCUT2D eigenvalue weighted by atomic mass is 32.1. The van der Waals surface area contributed by atoms with E-state index in [1.165, 1.54) is 23.5 Å². The summed E-state index contributed by atoms with van der Waals surface area (Å²) in [7, 11) is 1.61. The van der Waals surface area contributed by atoms with Crippen molar-refractivity contribution in [2.24, 2.45) is 0 Å². The van der Waals surface area contributed by atoms with Gasteiger partial charge in [0.05, 0.1) is 34.7 Å². The molecule has 2 aromatic heterocycles. The van der Waals surface area contributed by atoms with Gasteiger partial charge in [0.2, 0.25) is 5.91 Å². The maximum atomic E-state index is 12.8. The van der Waals surface area contributed by atoms with Crippen molar-refractivity contribution in [3.8, 4) is 5.75 Å². The van der Waals surface area contributed by atoms with Crippen molar-refractivity contribution in [1.82, 2.24) is 9.55 Å². The molecule has 0 saturated carbocycles. The quantitative estimate of drug-likeness (QED) is 0.346. The predicted octanol–water partition coefficient (Wildman–Crippen LogP) is 4.63. The fourth-order valence-electron chi connectivity index (χ4n) is 3.21. The molecule has 1 amide bonds. The maximum absolute atomic E-state index is 12.8. The van der Waals surface area contributed by atoms with E-state index < -0.39 is 4.92 Å². The highest BCUT2D eigenvalue weighted by Gasteiger charge is 2.19. The van der Waals surface area contributed by atoms with E-state index in [0.29, 0.717) is 10.6 Å². The number of fused-ring (bicyclic) bond motifs is 1. The van der Waals surface area contributed by atoms with Crippen LogP contribution in [0.1, 0.15) is 18.0 Å². The molecule has 1 N–H and O–H groups in total. The third kappa shape index (κ3) is 4.15. The number of ether oxygens (including phenoxy) is 1. The summed E-state index contributed by atoms with van der Waals surface area (Å²) < 4.78 is 7.96. The van der Waals surface area contributed by atoms with Crippen molar-refractivity contribution < 1.29 is 14.5 Å². The van der Waals surface area contributed by atoms with Gasteiger partial charge in [-0.2, -0.15) is 0 Å². The van der Waals surface area contributed by atoms with E-state index >= 15 is 0 Å². The third-order valence-corrected chi connectivity index (χ3v) is 5.65. The van der Waals surface area contributed by atoms with Gasteiger partial charge in [0.15, 0.2) is 5.13 Å². The Hall–Kier alpha value is -3.72. The van der Waals surface area contributed by atoms with E-state index in [9.17, 15) is 14.9 Å². The number of nitro groups is 1. The summed E-state index contributed by atoms with van der Waals surface area (Å²) >= 11 is 1.28. The van der Waals surface area contributed by atoms with Crippen LogP contribution < -0.4 is 10.1 Å². The number of nitrogens with one attached hydrogen (secondary N) is 1. The molecule has 8 nitrogen and oxygen atoms in total. The van der Waals surface area contributed by atoms with E-state index in [-0.39, 0.29) is 24.1 Å². The van der Waals surface area contributed by atoms with Crippen molar-refractivity contribution in [3.63, 3.8) is 0 Å². The van der Waals surface area contributed by atoms with E-state index in [1.54, 1.807) is 13.2 Å². The molecule has 2 aromatic carbocycles. The Morgan fingerprint density at radius 3 is 2.63 bits per heavy atom. The minimum atomic E-state index is -0.465. The Bertz CT molecular complexity index is 1190. The van der Waals surface area contributed by atoms with E-state index in [1.807, 2.05) is 53.4 Å². The topological polar surface area (TPSA) is 99.3 Å². The Balaban J connectivity index is 1.54. The number of carbonyl (C=O) groups is 1. The number of thiazole rings is 1. The number of methoxy groups -OCH3 is 1. The largest absolute Gasteiger partial charge is 0.497 e. The van der Waals surface area contributed by atoms with Crippen LogP contribution in [0, 0.1) is 10.1 Å². The molecule has 9 heteroatoms. The molecule has 0 fully saturated rings. The van der Waals surface area contributed by atoms with Crippen LogP contribution in [0.3, 0.4) is 0 Å². The number of rotatable bonds is 7. The first-order valence-electron chi connectivity index (χ1n) is 9.15. The molecule has 0 bridgehead atoms. The van der Waals surface area contributed by atoms with E-state index in [0.717, 1.165) is 16.0 Å². The number of non-ortho nitro benzene ring substituents is 1. The zero-order chi connectivity index (χ0) is 21.1. The summed E-state index contributed by atoms with van der Waals surface area (Å²) in [5.41, 5.74) is 1.43. The fourth-order valence-corrected chi connectivity index (χ4v) is 4.07. The van der Waals surface area contributed by atoms with Crippen LogP contribution in [0.25, 0.3) is 10.2 Å². The van der Waals surface area contributed by atoms with Gasteiger partial charge in [-0.05, 0) is 35.9 Å². The Kier molecular flexibility index (Phi) is 5.44. The average Bonchev–Trinajstić information content (AvgIpc) is 3.41. The summed E-state index contributed by atoms with van der Waals surface area (Å²) in [6.07, 6.45) is 4.04. The number of amides is 1. The van der Waals surface area contributed by atoms with E-state index in [4.69, 9.17) is 4.74 Å². The van der Waals surface area contributed by atoms with Gasteiger partial charge < -0.3 is 14.6 Å². The predicted molar refractivity (Wildman–Crippen MR) is 115 cm³/mol. The molecule has 0 aliphatic heterocycles. The number of hydrogen-bond acceptors (Lipinski definition) is 6. The Morgan fingerprint density at radius 2 is 1.97 bits per heavy atom. The molecule has 0 saturated heterocycles. The first kappa shape index (κ1) is 19.6. The molecular weight excluding hydrogens is 404 g/mol. The van der Waals surface area contributed by atoms with Crippen LogP contribution in [-0.4, -0.2) is 27.5 Å². The summed E-state index contributed by atoms with van der Waals surface area (Å²) in [6, 6.07) is 15.7. The van der Waals surface area contributed by atoms with Gasteiger partial charge in [0.1, 0.15) is 5.75 Å². The van der Waals surface area contributed by atoms with Crippen LogP contribution in [0.15, 0.2) is 67.0 Å². The number of nitrogens with zero attached hydrogens (tertiary/aromatic N) is 3. The second-order valence-electron chi connectivity index (χ2n) is 6.60. The molecule has 1 unspecified atom stereocenters. The average molecular weight is 422 g/mol. The number of anilines is 1. The molecule has 1 atom stereocenters. The lowest BCUT2D eigenvalue weighted by atomic mass is 10.0. The maximum Gasteiger partial charge on any atom is 0.271 e. The molecule has 0 radical (unpaired) electrons. The first-order chi connectivity index (χ1) is 14.5. The second-order valence-corrected chi connectivity index (χ2v) is 7.63. The molecule has 152 valence electrons. The standard InChI is InChI=1S/C21H18N4O4S/c1-29-16-7-4-14(5-8-16)18(24-10-2-3-11-24)13-20(26)23-21-22-17-12-15(25(27)28)6-9-19(17)30-21/h2-12,18H,13H2,1H3,(H,22,23,26). The van der Waals surface area contributed by atoms with Gasteiger partial charge in [-0.1, -0.05) is 23.5 Å². The van der Waals surface area contributed by atoms with Gasteiger partial charge in [-0.3, -0.25) is 14.9 Å². The summed E-state index contributed by atoms with van der Waals surface area (Å²) in [4.78, 5) is 27.6. The lowest BCUT2D eigenvalue weighted by Gasteiger charge is -2.19. The van der Waals surface area contributed by atoms with Gasteiger partial charge in [0, 0.05) is 24.5 Å². The molecule has 30 heavy (non-hydrogen) atoms. The number of carbonyl (C=O) groups excluding carboxylic acids is 1. The fraction of sp³-hybridized carbons (Fsp3) is 0.143.